The average molecular weight is 178 g/mol. The number of nitrogens with two attached hydrogens (primary N) is 1. The Morgan fingerprint density at radius 1 is 1.38 bits per heavy atom. The summed E-state index contributed by atoms with van der Waals surface area (Å²) in [6.45, 7) is 6.63. The number of anilines is 1. The lowest BCUT2D eigenvalue weighted by Gasteiger charge is -2.18. The highest BCUT2D eigenvalue weighted by Gasteiger charge is 2.14. The molecule has 0 saturated heterocycles. The molecular weight excluding hydrogens is 160 g/mol. The Balaban J connectivity index is 2.91. The molecular formula is C11H18N2. The van der Waals surface area contributed by atoms with Crippen molar-refractivity contribution in [1.82, 2.24) is 4.98 Å². The van der Waals surface area contributed by atoms with E-state index >= 15 is 0 Å². The van der Waals surface area contributed by atoms with Gasteiger partial charge in [0.1, 0.15) is 5.82 Å². The van der Waals surface area contributed by atoms with Gasteiger partial charge in [-0.05, 0) is 24.5 Å². The Morgan fingerprint density at radius 2 is 2.08 bits per heavy atom. The fourth-order valence-corrected chi connectivity index (χ4v) is 1.70. The summed E-state index contributed by atoms with van der Waals surface area (Å²) in [5.74, 6) is 1.78. The van der Waals surface area contributed by atoms with Crippen molar-refractivity contribution in [3.8, 4) is 0 Å². The highest BCUT2D eigenvalue weighted by Crippen LogP contribution is 2.26. The average Bonchev–Trinajstić information content (AvgIpc) is 2.04. The lowest BCUT2D eigenvalue weighted by molar-refractivity contribution is 0.475. The molecule has 0 spiro atoms. The zero-order valence-electron chi connectivity index (χ0n) is 8.62. The second kappa shape index (κ2) is 4.26. The molecule has 13 heavy (non-hydrogen) atoms. The van der Waals surface area contributed by atoms with Crippen LogP contribution in [-0.2, 0) is 0 Å². The van der Waals surface area contributed by atoms with Crippen LogP contribution >= 0.6 is 0 Å². The van der Waals surface area contributed by atoms with Gasteiger partial charge in [0.15, 0.2) is 0 Å². The summed E-state index contributed by atoms with van der Waals surface area (Å²) < 4.78 is 0. The Hall–Kier alpha value is -1.05. The fourth-order valence-electron chi connectivity index (χ4n) is 1.70. The number of rotatable bonds is 3. The van der Waals surface area contributed by atoms with Crippen molar-refractivity contribution in [2.24, 2.45) is 5.92 Å². The smallest absolute Gasteiger partial charge is 0.123 e. The topological polar surface area (TPSA) is 38.9 Å². The molecule has 1 atom stereocenters. The first-order chi connectivity index (χ1) is 6.15. The van der Waals surface area contributed by atoms with E-state index in [-0.39, 0.29) is 0 Å². The van der Waals surface area contributed by atoms with Gasteiger partial charge in [-0.2, -0.15) is 0 Å². The second-order valence-electron chi connectivity index (χ2n) is 3.75. The van der Waals surface area contributed by atoms with Crippen LogP contribution in [0.4, 0.5) is 5.82 Å². The van der Waals surface area contributed by atoms with Gasteiger partial charge < -0.3 is 5.73 Å². The largest absolute Gasteiger partial charge is 0.384 e. The zero-order chi connectivity index (χ0) is 9.84. The van der Waals surface area contributed by atoms with Gasteiger partial charge in [-0.3, -0.25) is 0 Å². The van der Waals surface area contributed by atoms with Crippen molar-refractivity contribution in [3.63, 3.8) is 0 Å². The molecule has 0 aliphatic rings. The first kappa shape index (κ1) is 10.0. The number of nitrogens with zero attached hydrogens (tertiary/aromatic N) is 1. The van der Waals surface area contributed by atoms with Gasteiger partial charge in [-0.1, -0.05) is 26.8 Å². The molecule has 0 fully saturated rings. The quantitative estimate of drug-likeness (QED) is 0.773. The van der Waals surface area contributed by atoms with E-state index < -0.39 is 0 Å². The standard InChI is InChI=1S/C11H18N2/c1-4-9(8(2)3)10-6-5-7-11(12)13-10/h5-9H,4H2,1-3H3,(H2,12,13). The van der Waals surface area contributed by atoms with E-state index in [1.807, 2.05) is 12.1 Å². The Morgan fingerprint density at radius 3 is 2.54 bits per heavy atom. The molecule has 1 rings (SSSR count). The molecule has 2 heteroatoms. The molecule has 0 radical (unpaired) electrons. The van der Waals surface area contributed by atoms with Crippen molar-refractivity contribution in [2.45, 2.75) is 33.1 Å². The van der Waals surface area contributed by atoms with Crippen LogP contribution in [0.25, 0.3) is 0 Å². The number of pyridine rings is 1. The van der Waals surface area contributed by atoms with Crippen LogP contribution in [0.3, 0.4) is 0 Å². The molecule has 0 aliphatic carbocycles. The molecule has 0 bridgehead atoms. The van der Waals surface area contributed by atoms with Gasteiger partial charge in [0.05, 0.1) is 0 Å². The predicted molar refractivity (Wildman–Crippen MR) is 56.5 cm³/mol. The zero-order valence-corrected chi connectivity index (χ0v) is 8.62. The van der Waals surface area contributed by atoms with Gasteiger partial charge in [0.2, 0.25) is 0 Å². The van der Waals surface area contributed by atoms with Crippen molar-refractivity contribution >= 4 is 5.82 Å². The van der Waals surface area contributed by atoms with Crippen LogP contribution in [0.15, 0.2) is 18.2 Å². The number of aromatic nitrogens is 1. The summed E-state index contributed by atoms with van der Waals surface area (Å²) in [5.41, 5.74) is 6.76. The summed E-state index contributed by atoms with van der Waals surface area (Å²) in [4.78, 5) is 4.34. The Bertz CT molecular complexity index is 269. The normalized spacial score (nSPS) is 13.2. The van der Waals surface area contributed by atoms with Crippen LogP contribution in [-0.4, -0.2) is 4.98 Å². The van der Waals surface area contributed by atoms with Gasteiger partial charge in [-0.25, -0.2) is 4.98 Å². The maximum absolute atomic E-state index is 5.64. The summed E-state index contributed by atoms with van der Waals surface area (Å²) in [6.07, 6.45) is 1.12. The van der Waals surface area contributed by atoms with Crippen molar-refractivity contribution in [3.05, 3.63) is 23.9 Å². The molecule has 1 aromatic rings. The Labute approximate surface area is 80.2 Å². The third-order valence-corrected chi connectivity index (χ3v) is 2.42. The van der Waals surface area contributed by atoms with E-state index in [1.54, 1.807) is 0 Å². The summed E-state index contributed by atoms with van der Waals surface area (Å²) in [5, 5.41) is 0. The second-order valence-corrected chi connectivity index (χ2v) is 3.75. The third kappa shape index (κ3) is 2.44. The van der Waals surface area contributed by atoms with E-state index in [0.717, 1.165) is 12.1 Å². The minimum atomic E-state index is 0.531. The number of hydrogen-bond acceptors (Lipinski definition) is 2. The van der Waals surface area contributed by atoms with Crippen LogP contribution in [0.5, 0.6) is 0 Å². The van der Waals surface area contributed by atoms with E-state index in [9.17, 15) is 0 Å². The lowest BCUT2D eigenvalue weighted by Crippen LogP contribution is -2.08. The van der Waals surface area contributed by atoms with Gasteiger partial charge in [0, 0.05) is 11.6 Å². The van der Waals surface area contributed by atoms with Gasteiger partial charge in [0.25, 0.3) is 0 Å². The van der Waals surface area contributed by atoms with E-state index in [1.165, 1.54) is 0 Å². The number of hydrogen-bond donors (Lipinski definition) is 1. The minimum Gasteiger partial charge on any atom is -0.384 e. The van der Waals surface area contributed by atoms with Gasteiger partial charge in [-0.15, -0.1) is 0 Å². The van der Waals surface area contributed by atoms with Gasteiger partial charge >= 0.3 is 0 Å². The molecule has 1 heterocycles. The van der Waals surface area contributed by atoms with E-state index in [2.05, 4.69) is 31.8 Å². The van der Waals surface area contributed by atoms with Crippen LogP contribution < -0.4 is 5.73 Å². The molecule has 0 aliphatic heterocycles. The summed E-state index contributed by atoms with van der Waals surface area (Å²) in [6, 6.07) is 5.86. The SMILES string of the molecule is CCC(c1cccc(N)n1)C(C)C. The molecule has 0 saturated carbocycles. The monoisotopic (exact) mass is 178 g/mol. The first-order valence-electron chi connectivity index (χ1n) is 4.87. The highest BCUT2D eigenvalue weighted by atomic mass is 14.8. The molecule has 2 nitrogen and oxygen atoms in total. The molecule has 0 amide bonds. The minimum absolute atomic E-state index is 0.531. The van der Waals surface area contributed by atoms with Crippen LogP contribution in [0, 0.1) is 5.92 Å². The maximum atomic E-state index is 5.64. The molecule has 72 valence electrons. The molecule has 1 aromatic heterocycles. The first-order valence-corrected chi connectivity index (χ1v) is 4.87. The summed E-state index contributed by atoms with van der Waals surface area (Å²) in [7, 11) is 0. The van der Waals surface area contributed by atoms with Crippen LogP contribution in [0.2, 0.25) is 0 Å². The van der Waals surface area contributed by atoms with Crippen molar-refractivity contribution in [1.29, 1.82) is 0 Å². The fraction of sp³-hybridized carbons (Fsp3) is 0.545. The van der Waals surface area contributed by atoms with E-state index in [4.69, 9.17) is 5.73 Å². The number of nitrogen functional groups attached to an aromatic ring is 1. The maximum Gasteiger partial charge on any atom is 0.123 e. The molecule has 2 N–H and O–H groups in total. The Kier molecular flexibility index (Phi) is 3.29. The molecule has 1 unspecified atom stereocenters. The lowest BCUT2D eigenvalue weighted by atomic mass is 9.90. The molecule has 0 aromatic carbocycles. The van der Waals surface area contributed by atoms with Crippen LogP contribution in [0.1, 0.15) is 38.8 Å². The third-order valence-electron chi connectivity index (χ3n) is 2.42. The van der Waals surface area contributed by atoms with Crippen molar-refractivity contribution < 1.29 is 0 Å². The van der Waals surface area contributed by atoms with E-state index in [0.29, 0.717) is 17.7 Å². The van der Waals surface area contributed by atoms with Crippen molar-refractivity contribution in [2.75, 3.05) is 5.73 Å². The summed E-state index contributed by atoms with van der Waals surface area (Å²) >= 11 is 0. The highest BCUT2D eigenvalue weighted by molar-refractivity contribution is 5.30. The predicted octanol–water partition coefficient (Wildman–Crippen LogP) is 2.81.